The molecule has 2 heterocycles. The van der Waals surface area contributed by atoms with E-state index in [1.165, 1.54) is 27.3 Å². The Morgan fingerprint density at radius 2 is 1.46 bits per heavy atom. The molecule has 2 aliphatic heterocycles. The van der Waals surface area contributed by atoms with Gasteiger partial charge in [0.15, 0.2) is 0 Å². The molecule has 0 unspecified atom stereocenters. The lowest BCUT2D eigenvalue weighted by Gasteiger charge is -2.35. The quantitative estimate of drug-likeness (QED) is 0.437. The second-order valence-corrected chi connectivity index (χ2v) is 13.0. The highest BCUT2D eigenvalue weighted by Crippen LogP contribution is 2.33. The number of halogens is 1. The maximum Gasteiger partial charge on any atom is 0.320 e. The zero-order valence-corrected chi connectivity index (χ0v) is 24.0. The SMILES string of the molecule is CN(Cc1ccc(-c2ccccc2)cc1)[C@H]1CN(C(=O)N2CCN(S(C)(=O)=O)CC2)C[C@@H]1c1ccc(Cl)cc1. The molecule has 0 spiro atoms. The lowest BCUT2D eigenvalue weighted by atomic mass is 9.93. The lowest BCUT2D eigenvalue weighted by Crippen LogP contribution is -2.53. The second-order valence-electron chi connectivity index (χ2n) is 10.5. The van der Waals surface area contributed by atoms with Gasteiger partial charge in [0, 0.05) is 62.8 Å². The Hall–Kier alpha value is -2.91. The third-order valence-corrected chi connectivity index (χ3v) is 9.45. The predicted molar refractivity (Wildman–Crippen MR) is 156 cm³/mol. The highest BCUT2D eigenvalue weighted by Gasteiger charge is 2.40. The Kier molecular flexibility index (Phi) is 8.28. The Balaban J connectivity index is 1.30. The largest absolute Gasteiger partial charge is 0.322 e. The summed E-state index contributed by atoms with van der Waals surface area (Å²) in [5.74, 6) is 0.136. The summed E-state index contributed by atoms with van der Waals surface area (Å²) in [4.78, 5) is 19.6. The number of sulfonamides is 1. The summed E-state index contributed by atoms with van der Waals surface area (Å²) >= 11 is 6.18. The van der Waals surface area contributed by atoms with Gasteiger partial charge in [0.1, 0.15) is 0 Å². The van der Waals surface area contributed by atoms with Gasteiger partial charge >= 0.3 is 6.03 Å². The molecular formula is C30H35ClN4O3S. The van der Waals surface area contributed by atoms with Crippen molar-refractivity contribution in [2.24, 2.45) is 0 Å². The summed E-state index contributed by atoms with van der Waals surface area (Å²) in [6, 6.07) is 27.1. The van der Waals surface area contributed by atoms with Gasteiger partial charge in [-0.1, -0.05) is 78.3 Å². The number of likely N-dealkylation sites (N-methyl/N-ethyl adjacent to an activating group) is 1. The number of hydrogen-bond acceptors (Lipinski definition) is 4. The van der Waals surface area contributed by atoms with Crippen molar-refractivity contribution in [2.45, 2.75) is 18.5 Å². The number of amides is 2. The molecule has 0 N–H and O–H groups in total. The number of urea groups is 1. The van der Waals surface area contributed by atoms with E-state index in [1.54, 1.807) is 4.90 Å². The first kappa shape index (κ1) is 27.6. The smallest absolute Gasteiger partial charge is 0.320 e. The Morgan fingerprint density at radius 1 is 0.846 bits per heavy atom. The van der Waals surface area contributed by atoms with Crippen LogP contribution >= 0.6 is 11.6 Å². The van der Waals surface area contributed by atoms with E-state index in [9.17, 15) is 13.2 Å². The van der Waals surface area contributed by atoms with Crippen LogP contribution < -0.4 is 0 Å². The Morgan fingerprint density at radius 3 is 2.08 bits per heavy atom. The van der Waals surface area contributed by atoms with Crippen LogP contribution in [-0.2, 0) is 16.6 Å². The molecule has 206 valence electrons. The van der Waals surface area contributed by atoms with Crippen molar-refractivity contribution in [1.29, 1.82) is 0 Å². The lowest BCUT2D eigenvalue weighted by molar-refractivity contribution is 0.138. The molecule has 9 heteroatoms. The molecule has 7 nitrogen and oxygen atoms in total. The van der Waals surface area contributed by atoms with Gasteiger partial charge in [-0.05, 0) is 41.4 Å². The highest BCUT2D eigenvalue weighted by molar-refractivity contribution is 7.88. The van der Waals surface area contributed by atoms with Gasteiger partial charge in [0.25, 0.3) is 0 Å². The van der Waals surface area contributed by atoms with Gasteiger partial charge in [-0.3, -0.25) is 4.90 Å². The van der Waals surface area contributed by atoms with Crippen LogP contribution in [0.25, 0.3) is 11.1 Å². The summed E-state index contributed by atoms with van der Waals surface area (Å²) in [5.41, 5.74) is 4.76. The minimum Gasteiger partial charge on any atom is -0.322 e. The van der Waals surface area contributed by atoms with Crippen LogP contribution in [0.1, 0.15) is 17.0 Å². The third-order valence-electron chi connectivity index (χ3n) is 7.90. The first-order valence-corrected chi connectivity index (χ1v) is 15.5. The maximum atomic E-state index is 13.5. The molecule has 3 aromatic carbocycles. The molecule has 39 heavy (non-hydrogen) atoms. The second kappa shape index (κ2) is 11.7. The Labute approximate surface area is 236 Å². The molecule has 0 aromatic heterocycles. The van der Waals surface area contributed by atoms with Crippen LogP contribution in [-0.4, -0.2) is 92.1 Å². The molecule has 3 aromatic rings. The number of rotatable bonds is 6. The number of carbonyl (C=O) groups excluding carboxylic acids is 1. The molecule has 2 atom stereocenters. The van der Waals surface area contributed by atoms with Gasteiger partial charge in [-0.2, -0.15) is 4.31 Å². The standard InChI is InChI=1S/C30H35ClN4O3S/c1-32(20-23-8-10-25(11-9-23)24-6-4-3-5-7-24)29-22-34(21-28(29)26-12-14-27(31)15-13-26)30(36)33-16-18-35(19-17-33)39(2,37)38/h3-15,28-29H,16-22H2,1-2H3/t28-,29+/m1/s1. The summed E-state index contributed by atoms with van der Waals surface area (Å²) in [6.07, 6.45) is 1.22. The van der Waals surface area contributed by atoms with Crippen molar-refractivity contribution in [3.8, 4) is 11.1 Å². The first-order valence-electron chi connectivity index (χ1n) is 13.3. The van der Waals surface area contributed by atoms with Crippen molar-refractivity contribution in [3.63, 3.8) is 0 Å². The van der Waals surface area contributed by atoms with Gasteiger partial charge < -0.3 is 9.80 Å². The molecule has 0 aliphatic carbocycles. The van der Waals surface area contributed by atoms with Crippen molar-refractivity contribution in [2.75, 3.05) is 52.6 Å². The van der Waals surface area contributed by atoms with Crippen LogP contribution in [0, 0.1) is 0 Å². The van der Waals surface area contributed by atoms with E-state index in [2.05, 4.69) is 60.5 Å². The average molecular weight is 567 g/mol. The van der Waals surface area contributed by atoms with Crippen molar-refractivity contribution >= 4 is 27.7 Å². The first-order chi connectivity index (χ1) is 18.7. The van der Waals surface area contributed by atoms with Crippen LogP contribution in [0.3, 0.4) is 0 Å². The fraction of sp³-hybridized carbons (Fsp3) is 0.367. The van der Waals surface area contributed by atoms with Gasteiger partial charge in [0.05, 0.1) is 6.26 Å². The zero-order chi connectivity index (χ0) is 27.6. The van der Waals surface area contributed by atoms with E-state index in [0.29, 0.717) is 44.3 Å². The summed E-state index contributed by atoms with van der Waals surface area (Å²) in [7, 11) is -1.12. The number of nitrogens with zero attached hydrogens (tertiary/aromatic N) is 4. The molecule has 5 rings (SSSR count). The van der Waals surface area contributed by atoms with Crippen LogP contribution in [0.5, 0.6) is 0 Å². The molecule has 0 bridgehead atoms. The molecular weight excluding hydrogens is 532 g/mol. The van der Waals surface area contributed by atoms with E-state index in [-0.39, 0.29) is 18.0 Å². The van der Waals surface area contributed by atoms with E-state index in [4.69, 9.17) is 11.6 Å². The van der Waals surface area contributed by atoms with Crippen LogP contribution in [0.15, 0.2) is 78.9 Å². The number of hydrogen-bond donors (Lipinski definition) is 0. The number of carbonyl (C=O) groups is 1. The van der Waals surface area contributed by atoms with Crippen LogP contribution in [0.4, 0.5) is 4.79 Å². The van der Waals surface area contributed by atoms with E-state index >= 15 is 0 Å². The number of piperazine rings is 1. The Bertz CT molecular complexity index is 1380. The molecule has 2 amide bonds. The van der Waals surface area contributed by atoms with Gasteiger partial charge in [-0.15, -0.1) is 0 Å². The summed E-state index contributed by atoms with van der Waals surface area (Å²) < 4.78 is 25.2. The fourth-order valence-corrected chi connectivity index (χ4v) is 6.63. The van der Waals surface area contributed by atoms with Gasteiger partial charge in [0.2, 0.25) is 10.0 Å². The van der Waals surface area contributed by atoms with E-state index < -0.39 is 10.0 Å². The zero-order valence-electron chi connectivity index (χ0n) is 22.4. The summed E-state index contributed by atoms with van der Waals surface area (Å²) in [6.45, 7) is 3.46. The van der Waals surface area contributed by atoms with E-state index in [1.807, 2.05) is 35.2 Å². The minimum atomic E-state index is -3.25. The van der Waals surface area contributed by atoms with Gasteiger partial charge in [-0.25, -0.2) is 13.2 Å². The molecule has 2 fully saturated rings. The fourth-order valence-electron chi connectivity index (χ4n) is 5.68. The summed E-state index contributed by atoms with van der Waals surface area (Å²) in [5, 5.41) is 0.692. The van der Waals surface area contributed by atoms with Crippen LogP contribution in [0.2, 0.25) is 5.02 Å². The monoisotopic (exact) mass is 566 g/mol. The minimum absolute atomic E-state index is 0.0229. The topological polar surface area (TPSA) is 64.2 Å². The van der Waals surface area contributed by atoms with E-state index in [0.717, 1.165) is 12.1 Å². The predicted octanol–water partition coefficient (Wildman–Crippen LogP) is 4.60. The normalized spacial score (nSPS) is 20.5. The molecule has 2 saturated heterocycles. The molecule has 0 saturated carbocycles. The number of benzene rings is 3. The van der Waals surface area contributed by atoms with Crippen molar-refractivity contribution in [3.05, 3.63) is 95.0 Å². The average Bonchev–Trinajstić information content (AvgIpc) is 3.39. The highest BCUT2D eigenvalue weighted by atomic mass is 35.5. The third kappa shape index (κ3) is 6.47. The maximum absolute atomic E-state index is 13.5. The van der Waals surface area contributed by atoms with Crippen molar-refractivity contribution < 1.29 is 13.2 Å². The number of likely N-dealkylation sites (tertiary alicyclic amines) is 1. The van der Waals surface area contributed by atoms with Crippen molar-refractivity contribution in [1.82, 2.24) is 19.0 Å². The molecule has 2 aliphatic rings. The molecule has 0 radical (unpaired) electrons.